The van der Waals surface area contributed by atoms with Crippen molar-refractivity contribution in [2.45, 2.75) is 26.2 Å². The summed E-state index contributed by atoms with van der Waals surface area (Å²) < 4.78 is 11.4. The van der Waals surface area contributed by atoms with Gasteiger partial charge in [0.25, 0.3) is 11.8 Å². The van der Waals surface area contributed by atoms with E-state index in [1.54, 1.807) is 25.3 Å². The average Bonchev–Trinajstić information content (AvgIpc) is 2.69. The molecule has 2 aromatic rings. The lowest BCUT2D eigenvalue weighted by Gasteiger charge is -2.20. The summed E-state index contributed by atoms with van der Waals surface area (Å²) in [5.74, 6) is 0.366. The molecule has 0 heterocycles. The Morgan fingerprint density at radius 2 is 1.76 bits per heavy atom. The first kappa shape index (κ1) is 22.5. The number of carbonyl (C=O) groups is 2. The first-order chi connectivity index (χ1) is 13.7. The fourth-order valence-electron chi connectivity index (χ4n) is 2.32. The molecule has 0 radical (unpaired) electrons. The second-order valence-electron chi connectivity index (χ2n) is 7.33. The molecular formula is C22H25BrN2O4. The van der Waals surface area contributed by atoms with Crippen molar-refractivity contribution >= 4 is 33.8 Å². The van der Waals surface area contributed by atoms with Gasteiger partial charge in [-0.25, -0.2) is 0 Å². The first-order valence-corrected chi connectivity index (χ1v) is 9.82. The summed E-state index contributed by atoms with van der Waals surface area (Å²) >= 11 is 3.46. The molecule has 0 aromatic heterocycles. The number of ether oxygens (including phenoxy) is 2. The maximum absolute atomic E-state index is 11.9. The topological polar surface area (TPSA) is 76.7 Å². The molecule has 154 valence electrons. The van der Waals surface area contributed by atoms with E-state index in [0.717, 1.165) is 21.3 Å². The van der Waals surface area contributed by atoms with Crippen LogP contribution < -0.4 is 20.3 Å². The minimum atomic E-state index is -0.469. The average molecular weight is 461 g/mol. The summed E-state index contributed by atoms with van der Waals surface area (Å²) in [5.41, 5.74) is 6.62. The Morgan fingerprint density at radius 1 is 1.07 bits per heavy atom. The molecule has 0 aliphatic heterocycles. The molecule has 2 amide bonds. The van der Waals surface area contributed by atoms with Crippen LogP contribution in [0.4, 0.5) is 0 Å². The number of hydrogen-bond acceptors (Lipinski definition) is 4. The monoisotopic (exact) mass is 460 g/mol. The van der Waals surface area contributed by atoms with Gasteiger partial charge in [-0.05, 0) is 62.8 Å². The summed E-state index contributed by atoms with van der Waals surface area (Å²) in [6, 6.07) is 13.0. The Hall–Kier alpha value is -2.80. The largest absolute Gasteiger partial charge is 0.497 e. The summed E-state index contributed by atoms with van der Waals surface area (Å²) in [6.07, 6.45) is 2.95. The van der Waals surface area contributed by atoms with Gasteiger partial charge in [-0.3, -0.25) is 20.4 Å². The smallest absolute Gasteiger partial charge is 0.276 e. The van der Waals surface area contributed by atoms with Gasteiger partial charge in [0.05, 0.1) is 11.6 Å². The number of halogens is 1. The highest BCUT2D eigenvalue weighted by Crippen LogP contribution is 2.31. The molecule has 2 N–H and O–H groups in total. The van der Waals surface area contributed by atoms with E-state index >= 15 is 0 Å². The number of benzene rings is 2. The SMILES string of the molecule is COc1ccc(/C=C/C(=O)NNC(=O)COc2ccc(C(C)(C)C)cc2Br)cc1. The fraction of sp³-hybridized carbons (Fsp3) is 0.273. The molecule has 6 nitrogen and oxygen atoms in total. The van der Waals surface area contributed by atoms with Crippen molar-refractivity contribution in [1.29, 1.82) is 0 Å². The van der Waals surface area contributed by atoms with Gasteiger partial charge < -0.3 is 9.47 Å². The van der Waals surface area contributed by atoms with Crippen molar-refractivity contribution in [2.75, 3.05) is 13.7 Å². The zero-order chi connectivity index (χ0) is 21.4. The van der Waals surface area contributed by atoms with Crippen LogP contribution in [0.15, 0.2) is 53.0 Å². The van der Waals surface area contributed by atoms with Gasteiger partial charge in [0.1, 0.15) is 11.5 Å². The summed E-state index contributed by atoms with van der Waals surface area (Å²) in [6.45, 7) is 6.13. The molecule has 29 heavy (non-hydrogen) atoms. The maximum Gasteiger partial charge on any atom is 0.276 e. The number of rotatable bonds is 6. The van der Waals surface area contributed by atoms with E-state index in [-0.39, 0.29) is 12.0 Å². The Bertz CT molecular complexity index is 887. The molecule has 0 spiro atoms. The highest BCUT2D eigenvalue weighted by molar-refractivity contribution is 9.10. The number of hydrazine groups is 1. The zero-order valence-electron chi connectivity index (χ0n) is 16.9. The zero-order valence-corrected chi connectivity index (χ0v) is 18.5. The van der Waals surface area contributed by atoms with Gasteiger partial charge in [-0.15, -0.1) is 0 Å². The third kappa shape index (κ3) is 7.27. The second-order valence-corrected chi connectivity index (χ2v) is 8.18. The van der Waals surface area contributed by atoms with Crippen LogP contribution in [0.1, 0.15) is 31.9 Å². The third-order valence-corrected chi connectivity index (χ3v) is 4.64. The summed E-state index contributed by atoms with van der Waals surface area (Å²) in [7, 11) is 1.59. The summed E-state index contributed by atoms with van der Waals surface area (Å²) in [4.78, 5) is 23.7. The number of nitrogens with one attached hydrogen (secondary N) is 2. The quantitative estimate of drug-likeness (QED) is 0.504. The van der Waals surface area contributed by atoms with Crippen molar-refractivity contribution in [2.24, 2.45) is 0 Å². The van der Waals surface area contributed by atoms with Gasteiger partial charge in [0.15, 0.2) is 6.61 Å². The predicted molar refractivity (Wildman–Crippen MR) is 117 cm³/mol. The molecule has 2 rings (SSSR count). The molecule has 7 heteroatoms. The van der Waals surface area contributed by atoms with Crippen LogP contribution >= 0.6 is 15.9 Å². The van der Waals surface area contributed by atoms with E-state index in [4.69, 9.17) is 9.47 Å². The molecule has 0 saturated heterocycles. The van der Waals surface area contributed by atoms with Crippen molar-refractivity contribution in [1.82, 2.24) is 10.9 Å². The van der Waals surface area contributed by atoms with E-state index in [2.05, 4.69) is 47.6 Å². The molecule has 0 atom stereocenters. The molecule has 2 aromatic carbocycles. The lowest BCUT2D eigenvalue weighted by Crippen LogP contribution is -2.43. The molecular weight excluding hydrogens is 436 g/mol. The van der Waals surface area contributed by atoms with E-state index in [1.165, 1.54) is 6.08 Å². The van der Waals surface area contributed by atoms with Crippen molar-refractivity contribution in [3.63, 3.8) is 0 Å². The normalized spacial score (nSPS) is 11.2. The van der Waals surface area contributed by atoms with Gasteiger partial charge in [-0.2, -0.15) is 0 Å². The van der Waals surface area contributed by atoms with E-state index in [0.29, 0.717) is 5.75 Å². The minimum Gasteiger partial charge on any atom is -0.497 e. The van der Waals surface area contributed by atoms with Crippen LogP contribution in [0.25, 0.3) is 6.08 Å². The van der Waals surface area contributed by atoms with Crippen LogP contribution in [0.2, 0.25) is 0 Å². The number of amides is 2. The van der Waals surface area contributed by atoms with Gasteiger partial charge in [0, 0.05) is 6.08 Å². The Kier molecular flexibility index (Phi) is 7.84. The minimum absolute atomic E-state index is 0.0159. The lowest BCUT2D eigenvalue weighted by molar-refractivity contribution is -0.128. The molecule has 0 aliphatic carbocycles. The van der Waals surface area contributed by atoms with Gasteiger partial charge in [0.2, 0.25) is 0 Å². The number of hydrogen-bond donors (Lipinski definition) is 2. The van der Waals surface area contributed by atoms with Crippen LogP contribution in [0.5, 0.6) is 11.5 Å². The molecule has 0 unspecified atom stereocenters. The van der Waals surface area contributed by atoms with E-state index in [9.17, 15) is 9.59 Å². The van der Waals surface area contributed by atoms with Crippen molar-refractivity contribution in [3.8, 4) is 11.5 Å². The van der Waals surface area contributed by atoms with Gasteiger partial charge >= 0.3 is 0 Å². The maximum atomic E-state index is 11.9. The standard InChI is InChI=1S/C22H25BrN2O4/c1-22(2,3)16-8-11-19(18(23)13-16)29-14-21(27)25-24-20(26)12-7-15-5-9-17(28-4)10-6-15/h5-13H,14H2,1-4H3,(H,24,26)(H,25,27)/b12-7+. The van der Waals surface area contributed by atoms with E-state index < -0.39 is 11.8 Å². The first-order valence-electron chi connectivity index (χ1n) is 9.03. The van der Waals surface area contributed by atoms with Gasteiger partial charge in [-0.1, -0.05) is 39.0 Å². The molecule has 0 bridgehead atoms. The second kappa shape index (κ2) is 10.1. The predicted octanol–water partition coefficient (Wildman–Crippen LogP) is 3.99. The Labute approximate surface area is 179 Å². The molecule has 0 saturated carbocycles. The highest BCUT2D eigenvalue weighted by atomic mass is 79.9. The number of carbonyl (C=O) groups excluding carboxylic acids is 2. The molecule has 0 fully saturated rings. The van der Waals surface area contributed by atoms with E-state index in [1.807, 2.05) is 30.3 Å². The van der Waals surface area contributed by atoms with Crippen molar-refractivity contribution in [3.05, 3.63) is 64.1 Å². The summed E-state index contributed by atoms with van der Waals surface area (Å²) in [5, 5.41) is 0. The van der Waals surface area contributed by atoms with Crippen LogP contribution in [-0.4, -0.2) is 25.5 Å². The van der Waals surface area contributed by atoms with Crippen LogP contribution in [0, 0.1) is 0 Å². The van der Waals surface area contributed by atoms with Crippen LogP contribution in [-0.2, 0) is 15.0 Å². The van der Waals surface area contributed by atoms with Crippen molar-refractivity contribution < 1.29 is 19.1 Å². The highest BCUT2D eigenvalue weighted by Gasteiger charge is 2.15. The lowest BCUT2D eigenvalue weighted by atomic mass is 9.87. The molecule has 0 aliphatic rings. The number of methoxy groups -OCH3 is 1. The third-order valence-electron chi connectivity index (χ3n) is 4.02. The Balaban J connectivity index is 1.79. The Morgan fingerprint density at radius 3 is 2.34 bits per heavy atom. The fourth-order valence-corrected chi connectivity index (χ4v) is 2.82. The van der Waals surface area contributed by atoms with Crippen LogP contribution in [0.3, 0.4) is 0 Å².